The first-order chi connectivity index (χ1) is 7.75. The minimum atomic E-state index is 0.708. The molecule has 0 unspecified atom stereocenters. The zero-order valence-electron chi connectivity index (χ0n) is 11.5. The molecule has 1 fully saturated rings. The Bertz CT molecular complexity index is 160. The molecule has 2 nitrogen and oxygen atoms in total. The van der Waals surface area contributed by atoms with Crippen LogP contribution in [0.15, 0.2) is 0 Å². The SMILES string of the molecule is CCCCCCCCC1N(C)CCCN1C. The molecule has 1 aliphatic rings. The number of hydrogen-bond acceptors (Lipinski definition) is 2. The highest BCUT2D eigenvalue weighted by molar-refractivity contribution is 4.74. The van der Waals surface area contributed by atoms with Crippen LogP contribution in [-0.2, 0) is 0 Å². The van der Waals surface area contributed by atoms with Crippen molar-refractivity contribution in [2.75, 3.05) is 27.2 Å². The normalized spacial score (nSPS) is 20.4. The minimum Gasteiger partial charge on any atom is -0.291 e. The van der Waals surface area contributed by atoms with E-state index in [4.69, 9.17) is 0 Å². The Morgan fingerprint density at radius 3 is 2.06 bits per heavy atom. The summed E-state index contributed by atoms with van der Waals surface area (Å²) in [4.78, 5) is 5.05. The summed E-state index contributed by atoms with van der Waals surface area (Å²) in [6.07, 6.45) is 11.9. The van der Waals surface area contributed by atoms with Crippen LogP contribution in [-0.4, -0.2) is 43.2 Å². The van der Waals surface area contributed by atoms with Gasteiger partial charge < -0.3 is 0 Å². The van der Waals surface area contributed by atoms with Crippen LogP contribution in [0.1, 0.15) is 58.3 Å². The molecule has 16 heavy (non-hydrogen) atoms. The van der Waals surface area contributed by atoms with Crippen LogP contribution in [0.2, 0.25) is 0 Å². The van der Waals surface area contributed by atoms with Crippen molar-refractivity contribution < 1.29 is 0 Å². The van der Waals surface area contributed by atoms with Gasteiger partial charge in [-0.15, -0.1) is 0 Å². The highest BCUT2D eigenvalue weighted by Crippen LogP contribution is 2.17. The molecule has 0 aromatic rings. The smallest absolute Gasteiger partial charge is 0.0617 e. The van der Waals surface area contributed by atoms with Crippen molar-refractivity contribution in [3.05, 3.63) is 0 Å². The summed E-state index contributed by atoms with van der Waals surface area (Å²) < 4.78 is 0. The summed E-state index contributed by atoms with van der Waals surface area (Å²) in [5.74, 6) is 0. The van der Waals surface area contributed by atoms with E-state index in [0.29, 0.717) is 6.17 Å². The lowest BCUT2D eigenvalue weighted by molar-refractivity contribution is 0.0346. The second-order valence-electron chi connectivity index (χ2n) is 5.35. The van der Waals surface area contributed by atoms with E-state index >= 15 is 0 Å². The van der Waals surface area contributed by atoms with Crippen LogP contribution in [0.5, 0.6) is 0 Å². The molecule has 0 N–H and O–H groups in total. The van der Waals surface area contributed by atoms with Crippen LogP contribution < -0.4 is 0 Å². The molecule has 1 heterocycles. The summed E-state index contributed by atoms with van der Waals surface area (Å²) in [6, 6.07) is 0. The molecule has 0 radical (unpaired) electrons. The Balaban J connectivity index is 2.06. The van der Waals surface area contributed by atoms with E-state index < -0.39 is 0 Å². The van der Waals surface area contributed by atoms with E-state index in [9.17, 15) is 0 Å². The topological polar surface area (TPSA) is 6.48 Å². The number of nitrogens with zero attached hydrogens (tertiary/aromatic N) is 2. The van der Waals surface area contributed by atoms with Crippen LogP contribution in [0.4, 0.5) is 0 Å². The van der Waals surface area contributed by atoms with Crippen molar-refractivity contribution in [2.24, 2.45) is 0 Å². The van der Waals surface area contributed by atoms with Gasteiger partial charge >= 0.3 is 0 Å². The van der Waals surface area contributed by atoms with E-state index in [-0.39, 0.29) is 0 Å². The van der Waals surface area contributed by atoms with Gasteiger partial charge in [-0.3, -0.25) is 9.80 Å². The van der Waals surface area contributed by atoms with Gasteiger partial charge in [-0.25, -0.2) is 0 Å². The molecule has 0 aromatic heterocycles. The van der Waals surface area contributed by atoms with E-state index in [0.717, 1.165) is 0 Å². The van der Waals surface area contributed by atoms with Crippen molar-refractivity contribution in [1.82, 2.24) is 9.80 Å². The van der Waals surface area contributed by atoms with Gasteiger partial charge in [0.2, 0.25) is 0 Å². The molecule has 0 aliphatic carbocycles. The zero-order valence-corrected chi connectivity index (χ0v) is 11.5. The van der Waals surface area contributed by atoms with Gasteiger partial charge in [0.05, 0.1) is 6.17 Å². The standard InChI is InChI=1S/C14H30N2/c1-4-5-6-7-8-9-11-14-15(2)12-10-13-16(14)3/h14H,4-13H2,1-3H3. The lowest BCUT2D eigenvalue weighted by Crippen LogP contribution is -2.50. The highest BCUT2D eigenvalue weighted by atomic mass is 15.3. The van der Waals surface area contributed by atoms with Crippen LogP contribution in [0.3, 0.4) is 0 Å². The van der Waals surface area contributed by atoms with Crippen LogP contribution >= 0.6 is 0 Å². The second-order valence-corrected chi connectivity index (χ2v) is 5.35. The fourth-order valence-corrected chi connectivity index (χ4v) is 2.75. The van der Waals surface area contributed by atoms with Crippen LogP contribution in [0.25, 0.3) is 0 Å². The predicted octanol–water partition coefficient (Wildman–Crippen LogP) is 3.33. The highest BCUT2D eigenvalue weighted by Gasteiger charge is 2.22. The Morgan fingerprint density at radius 1 is 0.875 bits per heavy atom. The zero-order chi connectivity index (χ0) is 11.8. The van der Waals surface area contributed by atoms with E-state index in [2.05, 4.69) is 30.8 Å². The average molecular weight is 226 g/mol. The average Bonchev–Trinajstić information content (AvgIpc) is 2.26. The van der Waals surface area contributed by atoms with E-state index in [1.54, 1.807) is 0 Å². The summed E-state index contributed by atoms with van der Waals surface area (Å²) in [7, 11) is 4.55. The van der Waals surface area contributed by atoms with Crippen LogP contribution in [0, 0.1) is 0 Å². The molecule has 1 saturated heterocycles. The molecule has 1 aliphatic heterocycles. The molecule has 0 atom stereocenters. The summed E-state index contributed by atoms with van der Waals surface area (Å²) in [5, 5.41) is 0. The molecule has 96 valence electrons. The molecule has 0 saturated carbocycles. The summed E-state index contributed by atoms with van der Waals surface area (Å²) in [6.45, 7) is 4.85. The third-order valence-corrected chi connectivity index (χ3v) is 3.86. The Kier molecular flexibility index (Phi) is 7.06. The number of unbranched alkanes of at least 4 members (excludes halogenated alkanes) is 5. The van der Waals surface area contributed by atoms with Gasteiger partial charge in [-0.05, 0) is 26.9 Å². The number of rotatable bonds is 7. The van der Waals surface area contributed by atoms with Gasteiger partial charge in [0.15, 0.2) is 0 Å². The van der Waals surface area contributed by atoms with Gasteiger partial charge in [0.1, 0.15) is 0 Å². The first-order valence-electron chi connectivity index (χ1n) is 7.16. The largest absolute Gasteiger partial charge is 0.291 e. The molecule has 2 heteroatoms. The molecule has 1 rings (SSSR count). The van der Waals surface area contributed by atoms with E-state index in [1.807, 2.05) is 0 Å². The summed E-state index contributed by atoms with van der Waals surface area (Å²) >= 11 is 0. The molecule has 0 amide bonds. The maximum Gasteiger partial charge on any atom is 0.0617 e. The van der Waals surface area contributed by atoms with Crippen molar-refractivity contribution in [3.63, 3.8) is 0 Å². The van der Waals surface area contributed by atoms with Crippen molar-refractivity contribution in [3.8, 4) is 0 Å². The predicted molar refractivity (Wildman–Crippen MR) is 71.7 cm³/mol. The lowest BCUT2D eigenvalue weighted by atomic mass is 10.1. The molecular weight excluding hydrogens is 196 g/mol. The first kappa shape index (κ1) is 14.0. The summed E-state index contributed by atoms with van der Waals surface area (Å²) in [5.41, 5.74) is 0. The van der Waals surface area contributed by atoms with Crippen molar-refractivity contribution >= 4 is 0 Å². The number of hydrogen-bond donors (Lipinski definition) is 0. The fourth-order valence-electron chi connectivity index (χ4n) is 2.75. The van der Waals surface area contributed by atoms with Crippen molar-refractivity contribution in [1.29, 1.82) is 0 Å². The van der Waals surface area contributed by atoms with Gasteiger partial charge in [0.25, 0.3) is 0 Å². The molecule has 0 bridgehead atoms. The van der Waals surface area contributed by atoms with Gasteiger partial charge in [-0.2, -0.15) is 0 Å². The monoisotopic (exact) mass is 226 g/mol. The third kappa shape index (κ3) is 4.84. The van der Waals surface area contributed by atoms with Crippen molar-refractivity contribution in [2.45, 2.75) is 64.5 Å². The van der Waals surface area contributed by atoms with Gasteiger partial charge in [0, 0.05) is 13.1 Å². The van der Waals surface area contributed by atoms with E-state index in [1.165, 1.54) is 64.5 Å². The fraction of sp³-hybridized carbons (Fsp3) is 1.00. The Morgan fingerprint density at radius 2 is 1.44 bits per heavy atom. The van der Waals surface area contributed by atoms with Gasteiger partial charge in [-0.1, -0.05) is 45.4 Å². The quantitative estimate of drug-likeness (QED) is 0.614. The maximum absolute atomic E-state index is 2.52. The molecule has 0 spiro atoms. The lowest BCUT2D eigenvalue weighted by Gasteiger charge is -2.40. The molecular formula is C14H30N2. The third-order valence-electron chi connectivity index (χ3n) is 3.86. The Hall–Kier alpha value is -0.0800. The Labute approximate surface area is 102 Å². The first-order valence-corrected chi connectivity index (χ1v) is 7.16. The minimum absolute atomic E-state index is 0.708. The maximum atomic E-state index is 2.52. The molecule has 0 aromatic carbocycles. The second kappa shape index (κ2) is 8.08.